The second kappa shape index (κ2) is 4.44. The molecule has 18 heavy (non-hydrogen) atoms. The lowest BCUT2D eigenvalue weighted by molar-refractivity contribution is 0.247. The van der Waals surface area contributed by atoms with E-state index in [1.165, 1.54) is 0 Å². The summed E-state index contributed by atoms with van der Waals surface area (Å²) in [5, 5.41) is 1.63. The van der Waals surface area contributed by atoms with Gasteiger partial charge in [-0.05, 0) is 6.08 Å². The molecule has 1 aromatic rings. The second-order valence-corrected chi connectivity index (χ2v) is 5.00. The van der Waals surface area contributed by atoms with E-state index in [4.69, 9.17) is 4.84 Å². The van der Waals surface area contributed by atoms with Gasteiger partial charge in [-0.1, -0.05) is 42.5 Å². The second-order valence-electron chi connectivity index (χ2n) is 4.04. The molecule has 3 rings (SSSR count). The summed E-state index contributed by atoms with van der Waals surface area (Å²) in [6.07, 6.45) is 5.66. The molecule has 0 spiro atoms. The van der Waals surface area contributed by atoms with Crippen molar-refractivity contribution in [2.75, 3.05) is 0 Å². The van der Waals surface area contributed by atoms with Crippen LogP contribution in [-0.4, -0.2) is 18.3 Å². The lowest BCUT2D eigenvalue weighted by Gasteiger charge is -2.08. The first kappa shape index (κ1) is 11.3. The van der Waals surface area contributed by atoms with Crippen LogP contribution in [0.25, 0.3) is 0 Å². The third-order valence-corrected chi connectivity index (χ3v) is 3.66. The quantitative estimate of drug-likeness (QED) is 0.602. The Hall–Kier alpha value is -1.85. The van der Waals surface area contributed by atoms with E-state index < -0.39 is 10.3 Å². The monoisotopic (exact) mass is 261 g/mol. The van der Waals surface area contributed by atoms with E-state index in [9.17, 15) is 8.42 Å². The van der Waals surface area contributed by atoms with Gasteiger partial charge in [0.2, 0.25) is 16.5 Å². The molecule has 92 valence electrons. The Labute approximate surface area is 106 Å². The maximum atomic E-state index is 11.1. The molecule has 1 unspecified atom stereocenters. The van der Waals surface area contributed by atoms with E-state index in [1.807, 2.05) is 42.5 Å². The zero-order chi connectivity index (χ0) is 12.5. The fourth-order valence-electron chi connectivity index (χ4n) is 1.96. The first-order valence-electron chi connectivity index (χ1n) is 5.60. The molecule has 0 N–H and O–H groups in total. The lowest BCUT2D eigenvalue weighted by Crippen LogP contribution is -2.13. The van der Waals surface area contributed by atoms with Gasteiger partial charge < -0.3 is 0 Å². The third-order valence-electron chi connectivity index (χ3n) is 2.88. The Morgan fingerprint density at radius 3 is 2.72 bits per heavy atom. The molecule has 4 nitrogen and oxygen atoms in total. The zero-order valence-corrected chi connectivity index (χ0v) is 10.3. The molecule has 0 saturated carbocycles. The number of hydrogen-bond donors (Lipinski definition) is 0. The van der Waals surface area contributed by atoms with Gasteiger partial charge in [-0.15, -0.1) is 0 Å². The molecular weight excluding hydrogens is 250 g/mol. The highest BCUT2D eigenvalue weighted by Crippen LogP contribution is 2.41. The summed E-state index contributed by atoms with van der Waals surface area (Å²) >= 11 is 0. The smallest absolute Gasteiger partial charge is 0.219 e. The van der Waals surface area contributed by atoms with Crippen molar-refractivity contribution in [3.05, 3.63) is 59.8 Å². The number of allylic oxidation sites excluding steroid dienone is 4. The first-order valence-corrected chi connectivity index (χ1v) is 6.68. The molecule has 0 radical (unpaired) electrons. The minimum absolute atomic E-state index is 0.178. The molecule has 0 amide bonds. The van der Waals surface area contributed by atoms with E-state index in [0.717, 1.165) is 5.56 Å². The summed E-state index contributed by atoms with van der Waals surface area (Å²) in [6.45, 7) is 0. The fourth-order valence-corrected chi connectivity index (χ4v) is 2.52. The van der Waals surface area contributed by atoms with Crippen LogP contribution in [0.2, 0.25) is 0 Å². The van der Waals surface area contributed by atoms with E-state index >= 15 is 0 Å². The number of rotatable bonds is 2. The Morgan fingerprint density at radius 2 is 2.00 bits per heavy atom. The molecule has 1 heterocycles. The third kappa shape index (κ3) is 1.98. The van der Waals surface area contributed by atoms with Gasteiger partial charge in [0.1, 0.15) is 4.86 Å². The van der Waals surface area contributed by atoms with Gasteiger partial charge >= 0.3 is 0 Å². The van der Waals surface area contributed by atoms with Crippen molar-refractivity contribution < 1.29 is 13.3 Å². The topological polar surface area (TPSA) is 49.7 Å². The molecule has 2 aliphatic rings. The van der Waals surface area contributed by atoms with Crippen LogP contribution in [0.15, 0.2) is 54.3 Å². The van der Waals surface area contributed by atoms with Crippen LogP contribution in [0.5, 0.6) is 0 Å². The first-order chi connectivity index (χ1) is 8.77. The van der Waals surface area contributed by atoms with E-state index in [0.29, 0.717) is 17.0 Å². The summed E-state index contributed by atoms with van der Waals surface area (Å²) in [7, 11) is -2.21. The minimum Gasteiger partial charge on any atom is -0.238 e. The predicted octanol–water partition coefficient (Wildman–Crippen LogP) is 1.83. The van der Waals surface area contributed by atoms with Crippen LogP contribution in [0, 0.1) is 0 Å². The van der Waals surface area contributed by atoms with Gasteiger partial charge in [0.25, 0.3) is 0 Å². The number of hydrogen-bond acceptors (Lipinski definition) is 4. The van der Waals surface area contributed by atoms with Crippen molar-refractivity contribution in [1.82, 2.24) is 5.06 Å². The summed E-state index contributed by atoms with van der Waals surface area (Å²) in [5.41, 5.74) is 1.64. The van der Waals surface area contributed by atoms with Crippen molar-refractivity contribution >= 4 is 15.2 Å². The molecular formula is C13H11NO3S. The van der Waals surface area contributed by atoms with Crippen LogP contribution in [0.4, 0.5) is 0 Å². The fraction of sp³-hybridized carbons (Fsp3) is 0.154. The van der Waals surface area contributed by atoms with Crippen LogP contribution in [0.1, 0.15) is 18.2 Å². The minimum atomic E-state index is -2.21. The maximum Gasteiger partial charge on any atom is 0.219 e. The zero-order valence-electron chi connectivity index (χ0n) is 9.48. The highest BCUT2D eigenvalue weighted by molar-refractivity contribution is 7.73. The van der Waals surface area contributed by atoms with Crippen molar-refractivity contribution in [2.24, 2.45) is 0 Å². The Kier molecular flexibility index (Phi) is 2.77. The van der Waals surface area contributed by atoms with Gasteiger partial charge in [0.05, 0.1) is 5.70 Å². The lowest BCUT2D eigenvalue weighted by atomic mass is 10.1. The largest absolute Gasteiger partial charge is 0.238 e. The van der Waals surface area contributed by atoms with Crippen molar-refractivity contribution in [2.45, 2.75) is 12.6 Å². The molecule has 0 bridgehead atoms. The van der Waals surface area contributed by atoms with Gasteiger partial charge in [0.15, 0.2) is 0 Å². The highest BCUT2D eigenvalue weighted by atomic mass is 32.2. The highest BCUT2D eigenvalue weighted by Gasteiger charge is 2.41. The summed E-state index contributed by atoms with van der Waals surface area (Å²) in [5.74, 6) is 0. The Morgan fingerprint density at radius 1 is 1.22 bits per heavy atom. The van der Waals surface area contributed by atoms with Crippen LogP contribution in [-0.2, 0) is 15.1 Å². The molecule has 0 aromatic heterocycles. The van der Waals surface area contributed by atoms with Gasteiger partial charge in [-0.3, -0.25) is 0 Å². The van der Waals surface area contributed by atoms with Crippen molar-refractivity contribution in [1.29, 1.82) is 0 Å². The average molecular weight is 261 g/mol. The number of hydroxylamine groups is 2. The molecule has 5 heteroatoms. The van der Waals surface area contributed by atoms with Crippen molar-refractivity contribution in [3.8, 4) is 0 Å². The van der Waals surface area contributed by atoms with Crippen LogP contribution < -0.4 is 0 Å². The Balaban J connectivity index is 1.89. The van der Waals surface area contributed by atoms with Gasteiger partial charge in [-0.25, -0.2) is 9.90 Å². The molecule has 1 aromatic carbocycles. The average Bonchev–Trinajstić information content (AvgIpc) is 3.20. The maximum absolute atomic E-state index is 11.1. The molecule has 1 aliphatic carbocycles. The van der Waals surface area contributed by atoms with Crippen molar-refractivity contribution in [3.63, 3.8) is 0 Å². The van der Waals surface area contributed by atoms with Crippen LogP contribution >= 0.6 is 0 Å². The van der Waals surface area contributed by atoms with Gasteiger partial charge in [-0.2, -0.15) is 8.42 Å². The van der Waals surface area contributed by atoms with Gasteiger partial charge in [0, 0.05) is 12.0 Å². The molecule has 1 saturated heterocycles. The summed E-state index contributed by atoms with van der Waals surface area (Å²) in [4.78, 5) is 5.83. The summed E-state index contributed by atoms with van der Waals surface area (Å²) < 4.78 is 22.3. The molecule has 1 fully saturated rings. The van der Waals surface area contributed by atoms with E-state index in [-0.39, 0.29) is 6.23 Å². The Bertz CT molecular complexity index is 651. The van der Waals surface area contributed by atoms with Crippen LogP contribution in [0.3, 0.4) is 0 Å². The molecule has 1 atom stereocenters. The predicted molar refractivity (Wildman–Crippen MR) is 67.9 cm³/mol. The normalized spacial score (nSPS) is 21.8. The molecule has 1 aliphatic heterocycles. The standard InChI is InChI=1S/C13H11NO3S/c15-18(16)12-9-5-4-8-11(12)14-13(17-14)10-6-2-1-3-7-10/h1-8,13H,9H2. The van der Waals surface area contributed by atoms with E-state index in [2.05, 4.69) is 0 Å². The SMILES string of the molecule is O=S(=O)=C1CC=CC=C1N1OC1c1ccccc1. The summed E-state index contributed by atoms with van der Waals surface area (Å²) in [6, 6.07) is 9.71. The van der Waals surface area contributed by atoms with E-state index in [1.54, 1.807) is 11.1 Å². The number of benzene rings is 1. The number of nitrogens with zero attached hydrogens (tertiary/aromatic N) is 1.